The van der Waals surface area contributed by atoms with Gasteiger partial charge in [0.2, 0.25) is 0 Å². The fourth-order valence-corrected chi connectivity index (χ4v) is 3.90. The van der Waals surface area contributed by atoms with Crippen LogP contribution in [0.1, 0.15) is 96.8 Å². The summed E-state index contributed by atoms with van der Waals surface area (Å²) in [6.07, 6.45) is 23.1. The third kappa shape index (κ3) is 24.1. The van der Waals surface area contributed by atoms with E-state index in [0.717, 1.165) is 32.1 Å². The van der Waals surface area contributed by atoms with Crippen LogP contribution in [0.4, 0.5) is 0 Å². The molecule has 8 nitrogen and oxygen atoms in total. The molecule has 0 aliphatic heterocycles. The normalized spacial score (nSPS) is 14.6. The van der Waals surface area contributed by atoms with E-state index in [0.29, 0.717) is 6.42 Å². The van der Waals surface area contributed by atoms with E-state index in [4.69, 9.17) is 10.5 Å². The summed E-state index contributed by atoms with van der Waals surface area (Å²) < 4.78 is 25.5. The number of carbonyl (C=O) groups is 1. The summed E-state index contributed by atoms with van der Waals surface area (Å²) in [5.74, 6) is -0.395. The van der Waals surface area contributed by atoms with E-state index in [1.807, 2.05) is 0 Å². The molecule has 1 unspecified atom stereocenters. The van der Waals surface area contributed by atoms with Crippen molar-refractivity contribution in [1.29, 1.82) is 0 Å². The predicted octanol–water partition coefficient (Wildman–Crippen LogP) is 5.58. The minimum atomic E-state index is -4.24. The van der Waals surface area contributed by atoms with Crippen LogP contribution in [0.3, 0.4) is 0 Å². The molecule has 0 amide bonds. The van der Waals surface area contributed by atoms with Crippen molar-refractivity contribution in [3.05, 3.63) is 24.3 Å². The average Bonchev–Trinajstić information content (AvgIpc) is 2.82. The first kappa shape index (κ1) is 33.0. The summed E-state index contributed by atoms with van der Waals surface area (Å²) in [6, 6.07) is 0. The lowest BCUT2D eigenvalue weighted by atomic mass is 10.1. The average molecular weight is 506 g/mol. The van der Waals surface area contributed by atoms with Gasteiger partial charge in [0.25, 0.3) is 0 Å². The Labute approximate surface area is 206 Å². The first-order valence-electron chi connectivity index (χ1n) is 12.9. The Morgan fingerprint density at radius 2 is 1.47 bits per heavy atom. The van der Waals surface area contributed by atoms with Gasteiger partial charge in [-0.15, -0.1) is 0 Å². The zero-order valence-corrected chi connectivity index (χ0v) is 22.0. The van der Waals surface area contributed by atoms with Crippen LogP contribution in [0.15, 0.2) is 24.3 Å². The fourth-order valence-electron chi connectivity index (χ4n) is 3.13. The molecule has 0 spiro atoms. The maximum Gasteiger partial charge on any atom is 0.472 e. The zero-order chi connectivity index (χ0) is 25.3. The largest absolute Gasteiger partial charge is 0.472 e. The van der Waals surface area contributed by atoms with Crippen molar-refractivity contribution in [2.75, 3.05) is 26.4 Å². The summed E-state index contributed by atoms with van der Waals surface area (Å²) in [4.78, 5) is 21.0. The van der Waals surface area contributed by atoms with Crippen LogP contribution in [0.25, 0.3) is 0 Å². The number of phosphoric ester groups is 1. The van der Waals surface area contributed by atoms with E-state index in [1.165, 1.54) is 51.4 Å². The Balaban J connectivity index is 3.49. The topological polar surface area (TPSA) is 128 Å². The van der Waals surface area contributed by atoms with E-state index >= 15 is 0 Å². The lowest BCUT2D eigenvalue weighted by Gasteiger charge is -2.15. The highest BCUT2D eigenvalue weighted by atomic mass is 31.2. The highest BCUT2D eigenvalue weighted by molar-refractivity contribution is 7.47. The van der Waals surface area contributed by atoms with Crippen LogP contribution < -0.4 is 5.73 Å². The number of esters is 1. The number of nitrogens with two attached hydrogens (primary N) is 1. The number of rotatable bonds is 24. The summed E-state index contributed by atoms with van der Waals surface area (Å²) in [6.45, 7) is 1.40. The van der Waals surface area contributed by atoms with Gasteiger partial charge in [0, 0.05) is 13.0 Å². The van der Waals surface area contributed by atoms with Crippen molar-refractivity contribution < 1.29 is 33.1 Å². The summed E-state index contributed by atoms with van der Waals surface area (Å²) in [5.41, 5.74) is 5.17. The molecule has 0 fully saturated rings. The predicted molar refractivity (Wildman–Crippen MR) is 136 cm³/mol. The molecule has 0 aromatic carbocycles. The summed E-state index contributed by atoms with van der Waals surface area (Å²) in [5, 5.41) is 9.69. The first-order valence-corrected chi connectivity index (χ1v) is 14.4. The van der Waals surface area contributed by atoms with Crippen molar-refractivity contribution in [2.24, 2.45) is 5.73 Å². The fraction of sp³-hybridized carbons (Fsp3) is 0.800. The number of hydrogen-bond acceptors (Lipinski definition) is 7. The number of phosphoric acid groups is 1. The van der Waals surface area contributed by atoms with Crippen molar-refractivity contribution >= 4 is 13.8 Å². The molecule has 0 aromatic rings. The molecule has 0 bridgehead atoms. The van der Waals surface area contributed by atoms with Crippen LogP contribution in [-0.4, -0.2) is 48.4 Å². The number of allylic oxidation sites excluding steroid dienone is 4. The minimum absolute atomic E-state index is 0.0727. The Hall–Kier alpha value is -1.02. The SMILES string of the molecule is CCCCCC=CCC=CCCCCCCCCCC(=O)OC[C@@H](O)COP(=O)(O)OCCN. The molecule has 0 aliphatic rings. The first-order chi connectivity index (χ1) is 16.4. The summed E-state index contributed by atoms with van der Waals surface area (Å²) in [7, 11) is -4.24. The van der Waals surface area contributed by atoms with Gasteiger partial charge in [0.05, 0.1) is 13.2 Å². The van der Waals surface area contributed by atoms with Crippen LogP contribution >= 0.6 is 7.82 Å². The third-order valence-corrected chi connectivity index (χ3v) is 6.05. The molecule has 9 heteroatoms. The van der Waals surface area contributed by atoms with Gasteiger partial charge in [-0.3, -0.25) is 13.8 Å². The maximum atomic E-state index is 11.7. The van der Waals surface area contributed by atoms with Gasteiger partial charge in [-0.2, -0.15) is 0 Å². The van der Waals surface area contributed by atoms with Gasteiger partial charge in [0.15, 0.2) is 0 Å². The van der Waals surface area contributed by atoms with Gasteiger partial charge >= 0.3 is 13.8 Å². The van der Waals surface area contributed by atoms with E-state index in [9.17, 15) is 19.4 Å². The Kier molecular flexibility index (Phi) is 23.0. The number of ether oxygens (including phenoxy) is 1. The van der Waals surface area contributed by atoms with Crippen molar-refractivity contribution in [3.63, 3.8) is 0 Å². The van der Waals surface area contributed by atoms with Crippen LogP contribution in [0.2, 0.25) is 0 Å². The maximum absolute atomic E-state index is 11.7. The van der Waals surface area contributed by atoms with Crippen molar-refractivity contribution in [2.45, 2.75) is 103 Å². The highest BCUT2D eigenvalue weighted by Gasteiger charge is 2.22. The van der Waals surface area contributed by atoms with Crippen LogP contribution in [0.5, 0.6) is 0 Å². The standard InChI is InChI=1S/C25H48NO7P/c1-2-3-4-5-6-7-8-9-10-11-12-13-14-15-16-17-18-19-25(28)31-22-24(27)23-33-34(29,30)32-21-20-26/h6-7,9-10,24,27H,2-5,8,11-23,26H2,1H3,(H,29,30)/t24-/m1/s1. The second-order valence-electron chi connectivity index (χ2n) is 8.41. The lowest BCUT2D eigenvalue weighted by molar-refractivity contribution is -0.147. The molecule has 34 heavy (non-hydrogen) atoms. The monoisotopic (exact) mass is 505 g/mol. The molecule has 0 rings (SSSR count). The second kappa shape index (κ2) is 23.7. The Morgan fingerprint density at radius 3 is 2.09 bits per heavy atom. The molecular weight excluding hydrogens is 457 g/mol. The molecule has 200 valence electrons. The Morgan fingerprint density at radius 1 is 0.882 bits per heavy atom. The van der Waals surface area contributed by atoms with Gasteiger partial charge in [-0.1, -0.05) is 76.2 Å². The molecule has 0 saturated heterocycles. The smallest absolute Gasteiger partial charge is 0.463 e. The van der Waals surface area contributed by atoms with Gasteiger partial charge < -0.3 is 20.5 Å². The number of unbranched alkanes of at least 4 members (excludes halogenated alkanes) is 10. The van der Waals surface area contributed by atoms with Crippen molar-refractivity contribution in [3.8, 4) is 0 Å². The van der Waals surface area contributed by atoms with Crippen LogP contribution in [0, 0.1) is 0 Å². The quantitative estimate of drug-likeness (QED) is 0.0671. The summed E-state index contributed by atoms with van der Waals surface area (Å²) >= 11 is 0. The van der Waals surface area contributed by atoms with Gasteiger partial charge in [0.1, 0.15) is 12.7 Å². The van der Waals surface area contributed by atoms with E-state index in [1.54, 1.807) is 0 Å². The molecule has 0 aromatic heterocycles. The zero-order valence-electron chi connectivity index (χ0n) is 21.1. The molecular formula is C25H48NO7P. The molecule has 4 N–H and O–H groups in total. The number of carbonyl (C=O) groups excluding carboxylic acids is 1. The number of hydrogen-bond donors (Lipinski definition) is 3. The second-order valence-corrected chi connectivity index (χ2v) is 9.86. The minimum Gasteiger partial charge on any atom is -0.463 e. The van der Waals surface area contributed by atoms with E-state index in [-0.39, 0.29) is 19.8 Å². The van der Waals surface area contributed by atoms with E-state index in [2.05, 4.69) is 40.3 Å². The van der Waals surface area contributed by atoms with Gasteiger partial charge in [-0.25, -0.2) is 4.57 Å². The molecule has 2 atom stereocenters. The molecule has 0 heterocycles. The lowest BCUT2D eigenvalue weighted by Crippen LogP contribution is -2.23. The Bertz CT molecular complexity index is 584. The van der Waals surface area contributed by atoms with E-state index < -0.39 is 26.5 Å². The van der Waals surface area contributed by atoms with Crippen LogP contribution in [-0.2, 0) is 23.1 Å². The third-order valence-electron chi connectivity index (χ3n) is 5.07. The van der Waals surface area contributed by atoms with Crippen molar-refractivity contribution in [1.82, 2.24) is 0 Å². The molecule has 0 aliphatic carbocycles. The molecule has 0 saturated carbocycles. The highest BCUT2D eigenvalue weighted by Crippen LogP contribution is 2.42. The number of aliphatic hydroxyl groups is 1. The number of aliphatic hydroxyl groups excluding tert-OH is 1. The molecule has 0 radical (unpaired) electrons. The van der Waals surface area contributed by atoms with Gasteiger partial charge in [-0.05, 0) is 38.5 Å².